The van der Waals surface area contributed by atoms with Gasteiger partial charge >= 0.3 is 0 Å². The van der Waals surface area contributed by atoms with Gasteiger partial charge in [-0.15, -0.1) is 0 Å². The van der Waals surface area contributed by atoms with E-state index in [4.69, 9.17) is 9.47 Å². The molecule has 1 N–H and O–H groups in total. The fourth-order valence-electron chi connectivity index (χ4n) is 2.15. The van der Waals surface area contributed by atoms with E-state index in [0.29, 0.717) is 13.2 Å². The van der Waals surface area contributed by atoms with Crippen molar-refractivity contribution in [1.82, 2.24) is 4.90 Å². The SMILES string of the molecule is CCCN(CC(O)COC(C)COC)CC1CC1. The molecule has 0 saturated heterocycles. The van der Waals surface area contributed by atoms with Crippen LogP contribution in [0.3, 0.4) is 0 Å². The Balaban J connectivity index is 2.15. The standard InChI is InChI=1S/C14H29NO3/c1-4-7-15(8-13-5-6-13)9-14(16)11-18-12(2)10-17-3/h12-14,16H,4-11H2,1-3H3. The Bertz CT molecular complexity index is 209. The van der Waals surface area contributed by atoms with E-state index in [1.807, 2.05) is 6.92 Å². The lowest BCUT2D eigenvalue weighted by Gasteiger charge is -2.25. The highest BCUT2D eigenvalue weighted by Crippen LogP contribution is 2.29. The summed E-state index contributed by atoms with van der Waals surface area (Å²) >= 11 is 0. The molecule has 0 heterocycles. The zero-order valence-electron chi connectivity index (χ0n) is 12.1. The first-order chi connectivity index (χ1) is 8.65. The van der Waals surface area contributed by atoms with E-state index in [9.17, 15) is 5.11 Å². The Morgan fingerprint density at radius 1 is 1.33 bits per heavy atom. The lowest BCUT2D eigenvalue weighted by Crippen LogP contribution is -2.37. The van der Waals surface area contributed by atoms with Crippen LogP contribution in [-0.4, -0.2) is 62.2 Å². The van der Waals surface area contributed by atoms with Crippen molar-refractivity contribution in [2.45, 2.75) is 45.3 Å². The number of methoxy groups -OCH3 is 1. The van der Waals surface area contributed by atoms with Gasteiger partial charge in [-0.25, -0.2) is 0 Å². The molecule has 1 aliphatic carbocycles. The van der Waals surface area contributed by atoms with Crippen molar-refractivity contribution in [3.05, 3.63) is 0 Å². The third-order valence-electron chi connectivity index (χ3n) is 3.20. The van der Waals surface area contributed by atoms with Gasteiger partial charge < -0.3 is 19.5 Å². The third kappa shape index (κ3) is 7.31. The molecule has 0 bridgehead atoms. The van der Waals surface area contributed by atoms with E-state index in [0.717, 1.165) is 32.0 Å². The van der Waals surface area contributed by atoms with Crippen molar-refractivity contribution in [2.75, 3.05) is 40.0 Å². The van der Waals surface area contributed by atoms with Gasteiger partial charge in [0.05, 0.1) is 25.4 Å². The highest BCUT2D eigenvalue weighted by Gasteiger charge is 2.25. The van der Waals surface area contributed by atoms with Crippen molar-refractivity contribution in [3.63, 3.8) is 0 Å². The summed E-state index contributed by atoms with van der Waals surface area (Å²) in [6.45, 7) is 8.06. The van der Waals surface area contributed by atoms with E-state index in [1.54, 1.807) is 7.11 Å². The summed E-state index contributed by atoms with van der Waals surface area (Å²) in [6.07, 6.45) is 3.51. The molecule has 1 aliphatic rings. The molecular weight excluding hydrogens is 230 g/mol. The van der Waals surface area contributed by atoms with Gasteiger partial charge in [0.15, 0.2) is 0 Å². The molecule has 0 aromatic heterocycles. The second-order valence-electron chi connectivity index (χ2n) is 5.46. The number of aliphatic hydroxyl groups excluding tert-OH is 1. The molecule has 0 aromatic carbocycles. The van der Waals surface area contributed by atoms with Crippen LogP contribution in [0.2, 0.25) is 0 Å². The van der Waals surface area contributed by atoms with Crippen LogP contribution in [0.5, 0.6) is 0 Å². The Kier molecular flexibility index (Phi) is 7.82. The predicted octanol–water partition coefficient (Wildman–Crippen LogP) is 1.52. The summed E-state index contributed by atoms with van der Waals surface area (Å²) in [5.74, 6) is 0.872. The molecule has 2 atom stereocenters. The molecule has 1 saturated carbocycles. The minimum Gasteiger partial charge on any atom is -0.389 e. The van der Waals surface area contributed by atoms with Gasteiger partial charge in [0, 0.05) is 20.2 Å². The van der Waals surface area contributed by atoms with Crippen molar-refractivity contribution in [1.29, 1.82) is 0 Å². The fourth-order valence-corrected chi connectivity index (χ4v) is 2.15. The number of aliphatic hydroxyl groups is 1. The molecule has 1 fully saturated rings. The summed E-state index contributed by atoms with van der Waals surface area (Å²) < 4.78 is 10.5. The molecule has 1 rings (SSSR count). The summed E-state index contributed by atoms with van der Waals surface area (Å²) in [7, 11) is 1.66. The first kappa shape index (κ1) is 15.9. The molecule has 0 spiro atoms. The zero-order valence-corrected chi connectivity index (χ0v) is 12.1. The lowest BCUT2D eigenvalue weighted by molar-refractivity contribution is -0.0399. The maximum Gasteiger partial charge on any atom is 0.0900 e. The van der Waals surface area contributed by atoms with Gasteiger partial charge in [-0.2, -0.15) is 0 Å². The normalized spacial score (nSPS) is 19.2. The van der Waals surface area contributed by atoms with Crippen LogP contribution in [0.15, 0.2) is 0 Å². The van der Waals surface area contributed by atoms with Crippen molar-refractivity contribution in [2.24, 2.45) is 5.92 Å². The highest BCUT2D eigenvalue weighted by molar-refractivity contribution is 4.78. The van der Waals surface area contributed by atoms with Crippen LogP contribution in [0.1, 0.15) is 33.1 Å². The topological polar surface area (TPSA) is 41.9 Å². The highest BCUT2D eigenvalue weighted by atomic mass is 16.5. The van der Waals surface area contributed by atoms with E-state index < -0.39 is 6.10 Å². The number of ether oxygens (including phenoxy) is 2. The molecule has 108 valence electrons. The van der Waals surface area contributed by atoms with Crippen molar-refractivity contribution in [3.8, 4) is 0 Å². The number of nitrogens with zero attached hydrogens (tertiary/aromatic N) is 1. The average molecular weight is 259 g/mol. The first-order valence-corrected chi connectivity index (χ1v) is 7.16. The second-order valence-corrected chi connectivity index (χ2v) is 5.46. The van der Waals surface area contributed by atoms with E-state index in [2.05, 4.69) is 11.8 Å². The van der Waals surface area contributed by atoms with Gasteiger partial charge in [0.25, 0.3) is 0 Å². The van der Waals surface area contributed by atoms with E-state index in [-0.39, 0.29) is 6.10 Å². The van der Waals surface area contributed by atoms with Crippen LogP contribution in [0.25, 0.3) is 0 Å². The molecule has 4 heteroatoms. The molecule has 0 aromatic rings. The van der Waals surface area contributed by atoms with Crippen LogP contribution in [0.4, 0.5) is 0 Å². The minimum atomic E-state index is -0.394. The fraction of sp³-hybridized carbons (Fsp3) is 1.00. The van der Waals surface area contributed by atoms with Crippen LogP contribution in [-0.2, 0) is 9.47 Å². The quantitative estimate of drug-likeness (QED) is 0.611. The Labute approximate surface area is 111 Å². The molecule has 0 aliphatic heterocycles. The van der Waals surface area contributed by atoms with E-state index >= 15 is 0 Å². The van der Waals surface area contributed by atoms with Crippen LogP contribution >= 0.6 is 0 Å². The minimum absolute atomic E-state index is 0.0488. The van der Waals surface area contributed by atoms with Gasteiger partial charge in [-0.05, 0) is 38.6 Å². The van der Waals surface area contributed by atoms with Crippen molar-refractivity contribution < 1.29 is 14.6 Å². The van der Waals surface area contributed by atoms with E-state index in [1.165, 1.54) is 12.8 Å². The first-order valence-electron chi connectivity index (χ1n) is 7.16. The van der Waals surface area contributed by atoms with Crippen LogP contribution < -0.4 is 0 Å². The predicted molar refractivity (Wildman–Crippen MR) is 72.8 cm³/mol. The Morgan fingerprint density at radius 2 is 2.06 bits per heavy atom. The largest absolute Gasteiger partial charge is 0.389 e. The monoisotopic (exact) mass is 259 g/mol. The second kappa shape index (κ2) is 8.86. The summed E-state index contributed by atoms with van der Waals surface area (Å²) in [5, 5.41) is 9.99. The molecular formula is C14H29NO3. The molecule has 4 nitrogen and oxygen atoms in total. The molecule has 2 unspecified atom stereocenters. The van der Waals surface area contributed by atoms with Gasteiger partial charge in [0.2, 0.25) is 0 Å². The van der Waals surface area contributed by atoms with Gasteiger partial charge in [-0.1, -0.05) is 6.92 Å². The maximum atomic E-state index is 9.99. The smallest absolute Gasteiger partial charge is 0.0900 e. The number of rotatable bonds is 11. The molecule has 0 amide bonds. The number of hydrogen-bond donors (Lipinski definition) is 1. The van der Waals surface area contributed by atoms with Gasteiger partial charge in [-0.3, -0.25) is 0 Å². The molecule has 18 heavy (non-hydrogen) atoms. The molecule has 0 radical (unpaired) electrons. The average Bonchev–Trinajstić information content (AvgIpc) is 3.11. The summed E-state index contributed by atoms with van der Waals surface area (Å²) in [6, 6.07) is 0. The maximum absolute atomic E-state index is 9.99. The zero-order chi connectivity index (χ0) is 13.4. The Hall–Kier alpha value is -0.160. The third-order valence-corrected chi connectivity index (χ3v) is 3.20. The Morgan fingerprint density at radius 3 is 2.61 bits per heavy atom. The summed E-state index contributed by atoms with van der Waals surface area (Å²) in [5.41, 5.74) is 0. The van der Waals surface area contributed by atoms with Gasteiger partial charge in [0.1, 0.15) is 0 Å². The lowest BCUT2D eigenvalue weighted by atomic mass is 10.2. The van der Waals surface area contributed by atoms with Crippen LogP contribution in [0, 0.1) is 5.92 Å². The summed E-state index contributed by atoms with van der Waals surface area (Å²) in [4.78, 5) is 2.37. The van der Waals surface area contributed by atoms with Crippen molar-refractivity contribution >= 4 is 0 Å². The number of hydrogen-bond acceptors (Lipinski definition) is 4.